The summed E-state index contributed by atoms with van der Waals surface area (Å²) in [5, 5.41) is 12.7. The number of halogens is 8. The summed E-state index contributed by atoms with van der Waals surface area (Å²) < 4.78 is 107. The van der Waals surface area contributed by atoms with E-state index in [0.717, 1.165) is 0 Å². The molecule has 1 aromatic rings. The number of fused-ring (bicyclic) bond motifs is 1. The fourth-order valence-electron chi connectivity index (χ4n) is 3.29. The highest BCUT2D eigenvalue weighted by Crippen LogP contribution is 2.49. The number of nitrogens with zero attached hydrogens (tertiary/aromatic N) is 2. The molecule has 2 aliphatic rings. The van der Waals surface area contributed by atoms with Gasteiger partial charge in [0.1, 0.15) is 18.4 Å². The minimum Gasteiger partial charge on any atom is -0.382 e. The summed E-state index contributed by atoms with van der Waals surface area (Å²) in [4.78, 5) is 0. The summed E-state index contributed by atoms with van der Waals surface area (Å²) in [5.41, 5.74) is -3.42. The van der Waals surface area contributed by atoms with Gasteiger partial charge in [0.25, 0.3) is 5.92 Å². The fraction of sp³-hybridized carbons (Fsp3) is 0.769. The number of aliphatic hydroxyl groups is 1. The lowest BCUT2D eigenvalue weighted by molar-refractivity contribution is -0.146. The van der Waals surface area contributed by atoms with Crippen LogP contribution >= 0.6 is 0 Å². The van der Waals surface area contributed by atoms with Gasteiger partial charge in [0.05, 0.1) is 18.2 Å². The average molecular weight is 364 g/mol. The number of aliphatic hydroxyl groups excluding tert-OH is 1. The molecule has 0 radical (unpaired) electrons. The van der Waals surface area contributed by atoms with Crippen LogP contribution in [-0.4, -0.2) is 39.3 Å². The van der Waals surface area contributed by atoms with E-state index in [4.69, 9.17) is 0 Å². The molecule has 3 nitrogen and oxygen atoms in total. The van der Waals surface area contributed by atoms with E-state index in [1.165, 1.54) is 0 Å². The Hall–Kier alpha value is -1.39. The predicted molar refractivity (Wildman–Crippen MR) is 63.8 cm³/mol. The minimum absolute atomic E-state index is 0.479. The van der Waals surface area contributed by atoms with Crippen molar-refractivity contribution in [1.29, 1.82) is 0 Å². The van der Waals surface area contributed by atoms with Crippen LogP contribution in [0.2, 0.25) is 0 Å². The molecule has 1 saturated carbocycles. The van der Waals surface area contributed by atoms with E-state index in [-0.39, 0.29) is 0 Å². The summed E-state index contributed by atoms with van der Waals surface area (Å²) >= 11 is 0. The molecule has 0 unspecified atom stereocenters. The van der Waals surface area contributed by atoms with Gasteiger partial charge in [0, 0.05) is 18.4 Å². The van der Waals surface area contributed by atoms with Gasteiger partial charge >= 0.3 is 6.18 Å². The highest BCUT2D eigenvalue weighted by molar-refractivity contribution is 5.38. The molecule has 0 saturated heterocycles. The molecular formula is C13H12F8N2O. The molecule has 2 aliphatic carbocycles. The molecule has 1 aromatic heterocycles. The van der Waals surface area contributed by atoms with Crippen molar-refractivity contribution >= 4 is 0 Å². The average Bonchev–Trinajstić information content (AvgIpc) is 2.91. The highest BCUT2D eigenvalue weighted by Gasteiger charge is 2.55. The van der Waals surface area contributed by atoms with Crippen LogP contribution in [0.3, 0.4) is 0 Å². The summed E-state index contributed by atoms with van der Waals surface area (Å²) in [7, 11) is 0. The van der Waals surface area contributed by atoms with Gasteiger partial charge in [-0.2, -0.15) is 18.3 Å². The standard InChI is InChI=1S/C13H12F8N2O/c14-5-1-4(2-6(15)9(5)16)23-7-3-12(17,18)11(24)8(7)10(22-23)13(19,20)21/h4-6,9,11,24H,1-3H2/t4-,5-,6+,9-,11-/m0/s1. The number of hydrogen-bond donors (Lipinski definition) is 1. The quantitative estimate of drug-likeness (QED) is 0.775. The van der Waals surface area contributed by atoms with Gasteiger partial charge in [-0.3, -0.25) is 4.68 Å². The predicted octanol–water partition coefficient (Wildman–Crippen LogP) is 3.48. The zero-order valence-electron chi connectivity index (χ0n) is 11.9. The van der Waals surface area contributed by atoms with Crippen LogP contribution in [0.5, 0.6) is 0 Å². The van der Waals surface area contributed by atoms with Crippen LogP contribution < -0.4 is 0 Å². The number of aromatic nitrogens is 2. The molecule has 24 heavy (non-hydrogen) atoms. The molecule has 136 valence electrons. The zero-order valence-corrected chi connectivity index (χ0v) is 11.9. The molecule has 0 spiro atoms. The largest absolute Gasteiger partial charge is 0.435 e. The molecule has 5 atom stereocenters. The van der Waals surface area contributed by atoms with Crippen LogP contribution in [0.15, 0.2) is 0 Å². The molecule has 0 bridgehead atoms. The first kappa shape index (κ1) is 17.4. The normalized spacial score (nSPS) is 36.0. The Bertz CT molecular complexity index is 631. The van der Waals surface area contributed by atoms with Gasteiger partial charge in [-0.05, 0) is 0 Å². The van der Waals surface area contributed by atoms with E-state index < -0.39 is 79.0 Å². The Balaban J connectivity index is 2.07. The lowest BCUT2D eigenvalue weighted by Gasteiger charge is -2.31. The molecule has 1 fully saturated rings. The van der Waals surface area contributed by atoms with Crippen LogP contribution in [0.4, 0.5) is 35.1 Å². The third-order valence-corrected chi connectivity index (χ3v) is 4.43. The zero-order chi connectivity index (χ0) is 18.0. The monoisotopic (exact) mass is 364 g/mol. The van der Waals surface area contributed by atoms with Crippen LogP contribution in [0.25, 0.3) is 0 Å². The maximum absolute atomic E-state index is 13.6. The SMILES string of the molecule is O[C@H]1c2c(C(F)(F)F)nn([C@@H]3C[C@@H](F)[C@@H](F)[C@@H](F)C3)c2CC1(F)F. The number of hydrogen-bond acceptors (Lipinski definition) is 2. The van der Waals surface area contributed by atoms with Gasteiger partial charge in [-0.1, -0.05) is 0 Å². The second-order valence-electron chi connectivity index (χ2n) is 6.09. The third kappa shape index (κ3) is 2.56. The van der Waals surface area contributed by atoms with E-state index >= 15 is 0 Å². The Labute approximate surface area is 130 Å². The van der Waals surface area contributed by atoms with Crippen molar-refractivity contribution in [2.24, 2.45) is 0 Å². The van der Waals surface area contributed by atoms with Crippen LogP contribution in [0.1, 0.15) is 41.9 Å². The van der Waals surface area contributed by atoms with Crippen molar-refractivity contribution in [3.63, 3.8) is 0 Å². The van der Waals surface area contributed by atoms with Crippen LogP contribution in [0, 0.1) is 0 Å². The summed E-state index contributed by atoms with van der Waals surface area (Å²) in [6.07, 6.45) is -17.4. The maximum atomic E-state index is 13.6. The van der Waals surface area contributed by atoms with Crippen molar-refractivity contribution in [1.82, 2.24) is 9.78 Å². The smallest absolute Gasteiger partial charge is 0.382 e. The summed E-state index contributed by atoms with van der Waals surface area (Å²) in [6.45, 7) is 0. The van der Waals surface area contributed by atoms with Crippen LogP contribution in [-0.2, 0) is 12.6 Å². The van der Waals surface area contributed by atoms with Crippen molar-refractivity contribution < 1.29 is 40.2 Å². The van der Waals surface area contributed by atoms with E-state index in [9.17, 15) is 40.2 Å². The highest BCUT2D eigenvalue weighted by atomic mass is 19.4. The Kier molecular flexibility index (Phi) is 3.85. The van der Waals surface area contributed by atoms with Crippen molar-refractivity contribution in [3.05, 3.63) is 17.0 Å². The molecule has 1 N–H and O–H groups in total. The van der Waals surface area contributed by atoms with Gasteiger partial charge in [0.15, 0.2) is 11.9 Å². The molecule has 3 rings (SSSR count). The molecule has 1 heterocycles. The second-order valence-corrected chi connectivity index (χ2v) is 6.09. The lowest BCUT2D eigenvalue weighted by Crippen LogP contribution is -2.38. The van der Waals surface area contributed by atoms with Gasteiger partial charge in [-0.15, -0.1) is 0 Å². The Morgan fingerprint density at radius 2 is 1.62 bits per heavy atom. The molecular weight excluding hydrogens is 352 g/mol. The number of rotatable bonds is 1. The minimum atomic E-state index is -5.13. The van der Waals surface area contributed by atoms with Crippen molar-refractivity contribution in [2.45, 2.75) is 62.0 Å². The first-order valence-electron chi connectivity index (χ1n) is 7.10. The first-order valence-corrected chi connectivity index (χ1v) is 7.10. The maximum Gasteiger partial charge on any atom is 0.435 e. The summed E-state index contributed by atoms with van der Waals surface area (Å²) in [6, 6.07) is -1.34. The molecule has 0 amide bonds. The molecule has 0 aromatic carbocycles. The Morgan fingerprint density at radius 1 is 1.08 bits per heavy atom. The van der Waals surface area contributed by atoms with Crippen molar-refractivity contribution in [3.8, 4) is 0 Å². The van der Waals surface area contributed by atoms with E-state index in [1.807, 2.05) is 0 Å². The molecule has 11 heteroatoms. The second kappa shape index (κ2) is 5.30. The van der Waals surface area contributed by atoms with Crippen molar-refractivity contribution in [2.75, 3.05) is 0 Å². The van der Waals surface area contributed by atoms with E-state index in [2.05, 4.69) is 5.10 Å². The first-order chi connectivity index (χ1) is 10.9. The van der Waals surface area contributed by atoms with E-state index in [1.54, 1.807) is 0 Å². The third-order valence-electron chi connectivity index (χ3n) is 4.43. The summed E-state index contributed by atoms with van der Waals surface area (Å²) in [5.74, 6) is -3.85. The molecule has 0 aliphatic heterocycles. The van der Waals surface area contributed by atoms with E-state index in [0.29, 0.717) is 4.68 Å². The van der Waals surface area contributed by atoms with Gasteiger partial charge < -0.3 is 5.11 Å². The lowest BCUT2D eigenvalue weighted by atomic mass is 9.90. The fourth-order valence-corrected chi connectivity index (χ4v) is 3.29. The van der Waals surface area contributed by atoms with Gasteiger partial charge in [0.2, 0.25) is 0 Å². The Morgan fingerprint density at radius 3 is 2.12 bits per heavy atom. The van der Waals surface area contributed by atoms with Gasteiger partial charge in [-0.25, -0.2) is 22.0 Å². The topological polar surface area (TPSA) is 38.1 Å². The number of alkyl halides is 8.